The zero-order chi connectivity index (χ0) is 13.1. The van der Waals surface area contributed by atoms with Crippen molar-refractivity contribution in [2.24, 2.45) is 10.4 Å². The minimum atomic E-state index is 0.537. The van der Waals surface area contributed by atoms with Crippen molar-refractivity contribution in [3.8, 4) is 0 Å². The molecule has 1 N–H and O–H groups in total. The molecule has 104 valence electrons. The van der Waals surface area contributed by atoms with E-state index in [-0.39, 0.29) is 0 Å². The van der Waals surface area contributed by atoms with Crippen molar-refractivity contribution in [2.45, 2.75) is 39.2 Å². The van der Waals surface area contributed by atoms with Gasteiger partial charge in [-0.15, -0.1) is 0 Å². The van der Waals surface area contributed by atoms with Gasteiger partial charge >= 0.3 is 0 Å². The minimum Gasteiger partial charge on any atom is -0.363 e. The average Bonchev–Trinajstić information content (AvgIpc) is 3.02. The highest BCUT2D eigenvalue weighted by molar-refractivity contribution is 8.13. The monoisotopic (exact) mass is 278 g/mol. The number of rotatable bonds is 3. The summed E-state index contributed by atoms with van der Waals surface area (Å²) in [6.45, 7) is 4.90. The van der Waals surface area contributed by atoms with Gasteiger partial charge < -0.3 is 5.32 Å². The lowest BCUT2D eigenvalue weighted by molar-refractivity contribution is 0.358. The molecule has 4 nitrogen and oxygen atoms in total. The van der Waals surface area contributed by atoms with Crippen molar-refractivity contribution in [2.75, 3.05) is 18.8 Å². The van der Waals surface area contributed by atoms with Crippen LogP contribution in [0.2, 0.25) is 0 Å². The van der Waals surface area contributed by atoms with Gasteiger partial charge in [0.25, 0.3) is 0 Å². The SMILES string of the molecule is Cc1cnn(CCNC2=NCC3(CCCC3)CS2)c1. The molecule has 0 bridgehead atoms. The third kappa shape index (κ3) is 3.14. The smallest absolute Gasteiger partial charge is 0.156 e. The number of amidine groups is 1. The van der Waals surface area contributed by atoms with Crippen molar-refractivity contribution in [3.05, 3.63) is 18.0 Å². The molecule has 0 atom stereocenters. The number of hydrogen-bond donors (Lipinski definition) is 1. The number of aliphatic imine (C=N–C) groups is 1. The summed E-state index contributed by atoms with van der Waals surface area (Å²) in [4.78, 5) is 4.74. The van der Waals surface area contributed by atoms with Crippen LogP contribution in [-0.2, 0) is 6.54 Å². The van der Waals surface area contributed by atoms with Crippen LogP contribution in [-0.4, -0.2) is 33.8 Å². The van der Waals surface area contributed by atoms with E-state index in [2.05, 4.69) is 23.5 Å². The van der Waals surface area contributed by atoms with Crippen LogP contribution in [0.25, 0.3) is 0 Å². The van der Waals surface area contributed by atoms with Gasteiger partial charge in [0.05, 0.1) is 12.7 Å². The quantitative estimate of drug-likeness (QED) is 0.923. The molecule has 0 amide bonds. The molecule has 1 saturated carbocycles. The van der Waals surface area contributed by atoms with Crippen LogP contribution in [0.4, 0.5) is 0 Å². The van der Waals surface area contributed by atoms with Gasteiger partial charge in [-0.3, -0.25) is 9.67 Å². The van der Waals surface area contributed by atoms with E-state index in [0.29, 0.717) is 5.41 Å². The van der Waals surface area contributed by atoms with Gasteiger partial charge in [-0.25, -0.2) is 0 Å². The van der Waals surface area contributed by atoms with E-state index in [1.54, 1.807) is 0 Å². The topological polar surface area (TPSA) is 42.2 Å². The third-order valence-corrected chi connectivity index (χ3v) is 5.42. The van der Waals surface area contributed by atoms with E-state index < -0.39 is 0 Å². The van der Waals surface area contributed by atoms with E-state index in [9.17, 15) is 0 Å². The fraction of sp³-hybridized carbons (Fsp3) is 0.714. The molecule has 19 heavy (non-hydrogen) atoms. The largest absolute Gasteiger partial charge is 0.363 e. The highest BCUT2D eigenvalue weighted by Gasteiger charge is 2.36. The van der Waals surface area contributed by atoms with Crippen LogP contribution in [0.15, 0.2) is 17.4 Å². The summed E-state index contributed by atoms with van der Waals surface area (Å²) in [5.74, 6) is 1.25. The Hall–Kier alpha value is -0.970. The van der Waals surface area contributed by atoms with Crippen molar-refractivity contribution in [1.82, 2.24) is 15.1 Å². The lowest BCUT2D eigenvalue weighted by Gasteiger charge is -2.31. The molecular formula is C14H22N4S. The molecule has 3 rings (SSSR count). The zero-order valence-electron chi connectivity index (χ0n) is 11.6. The first-order valence-electron chi connectivity index (χ1n) is 7.16. The summed E-state index contributed by atoms with van der Waals surface area (Å²) in [7, 11) is 0. The molecular weight excluding hydrogens is 256 g/mol. The molecule has 0 unspecified atom stereocenters. The summed E-state index contributed by atoms with van der Waals surface area (Å²) in [6.07, 6.45) is 9.53. The Balaban J connectivity index is 1.45. The minimum absolute atomic E-state index is 0.537. The van der Waals surface area contributed by atoms with Gasteiger partial charge in [0.15, 0.2) is 5.17 Å². The molecule has 1 aromatic rings. The van der Waals surface area contributed by atoms with Gasteiger partial charge in [0.2, 0.25) is 0 Å². The summed E-state index contributed by atoms with van der Waals surface area (Å²) >= 11 is 1.91. The summed E-state index contributed by atoms with van der Waals surface area (Å²) in [5.41, 5.74) is 1.75. The van der Waals surface area contributed by atoms with Crippen molar-refractivity contribution >= 4 is 16.9 Å². The lowest BCUT2D eigenvalue weighted by Crippen LogP contribution is -2.34. The number of thioether (sulfide) groups is 1. The number of aromatic nitrogens is 2. The van der Waals surface area contributed by atoms with Gasteiger partial charge in [0.1, 0.15) is 0 Å². The van der Waals surface area contributed by atoms with E-state index in [0.717, 1.165) is 24.8 Å². The molecule has 1 fully saturated rings. The van der Waals surface area contributed by atoms with Crippen LogP contribution in [0.1, 0.15) is 31.2 Å². The van der Waals surface area contributed by atoms with Crippen LogP contribution < -0.4 is 5.32 Å². The standard InChI is InChI=1S/C14H22N4S/c1-12-8-17-18(9-12)7-6-15-13-16-10-14(11-19-13)4-2-3-5-14/h8-9H,2-7,10-11H2,1H3,(H,15,16). The Kier molecular flexibility index (Phi) is 3.82. The second-order valence-electron chi connectivity index (χ2n) is 5.82. The van der Waals surface area contributed by atoms with Crippen molar-refractivity contribution in [1.29, 1.82) is 0 Å². The fourth-order valence-electron chi connectivity index (χ4n) is 2.95. The Morgan fingerprint density at radius 1 is 1.42 bits per heavy atom. The summed E-state index contributed by atoms with van der Waals surface area (Å²) in [6, 6.07) is 0. The molecule has 1 aliphatic carbocycles. The van der Waals surface area contributed by atoms with Crippen molar-refractivity contribution in [3.63, 3.8) is 0 Å². The Morgan fingerprint density at radius 2 is 2.26 bits per heavy atom. The number of aryl methyl sites for hydroxylation is 1. The molecule has 0 saturated heterocycles. The first-order valence-corrected chi connectivity index (χ1v) is 8.15. The van der Waals surface area contributed by atoms with E-state index >= 15 is 0 Å². The first-order chi connectivity index (χ1) is 9.26. The normalized spacial score (nSPS) is 21.6. The molecule has 0 radical (unpaired) electrons. The van der Waals surface area contributed by atoms with Gasteiger partial charge in [-0.2, -0.15) is 5.10 Å². The number of nitrogens with zero attached hydrogens (tertiary/aromatic N) is 3. The Morgan fingerprint density at radius 3 is 2.89 bits per heavy atom. The third-order valence-electron chi connectivity index (χ3n) is 4.12. The zero-order valence-corrected chi connectivity index (χ0v) is 12.4. The molecule has 0 aromatic carbocycles. The molecule has 1 spiro atoms. The van der Waals surface area contributed by atoms with Gasteiger partial charge in [0, 0.05) is 25.0 Å². The lowest BCUT2D eigenvalue weighted by atomic mass is 9.89. The number of hydrogen-bond acceptors (Lipinski definition) is 4. The van der Waals surface area contributed by atoms with Crippen LogP contribution >= 0.6 is 11.8 Å². The highest BCUT2D eigenvalue weighted by atomic mass is 32.2. The summed E-state index contributed by atoms with van der Waals surface area (Å²) in [5, 5.41) is 8.85. The highest BCUT2D eigenvalue weighted by Crippen LogP contribution is 2.43. The molecule has 2 heterocycles. The maximum absolute atomic E-state index is 4.74. The Bertz CT molecular complexity index is 460. The Labute approximate surface area is 119 Å². The van der Waals surface area contributed by atoms with Gasteiger partial charge in [-0.1, -0.05) is 24.6 Å². The summed E-state index contributed by atoms with van der Waals surface area (Å²) < 4.78 is 1.98. The molecule has 1 aliphatic heterocycles. The van der Waals surface area contributed by atoms with Crippen LogP contribution in [0.3, 0.4) is 0 Å². The predicted octanol–water partition coefficient (Wildman–Crippen LogP) is 2.44. The average molecular weight is 278 g/mol. The second-order valence-corrected chi connectivity index (χ2v) is 6.79. The van der Waals surface area contributed by atoms with Crippen LogP contribution in [0.5, 0.6) is 0 Å². The maximum Gasteiger partial charge on any atom is 0.156 e. The second kappa shape index (κ2) is 5.57. The van der Waals surface area contributed by atoms with Crippen molar-refractivity contribution < 1.29 is 0 Å². The molecule has 2 aliphatic rings. The maximum atomic E-state index is 4.74. The molecule has 1 aromatic heterocycles. The van der Waals surface area contributed by atoms with E-state index in [4.69, 9.17) is 4.99 Å². The van der Waals surface area contributed by atoms with Gasteiger partial charge in [-0.05, 0) is 30.7 Å². The van der Waals surface area contributed by atoms with E-state index in [1.807, 2.05) is 22.6 Å². The molecule has 5 heteroatoms. The first kappa shape index (κ1) is 13.0. The predicted molar refractivity (Wildman–Crippen MR) is 80.6 cm³/mol. The number of nitrogens with one attached hydrogen (secondary N) is 1. The fourth-order valence-corrected chi connectivity index (χ4v) is 4.14. The van der Waals surface area contributed by atoms with Crippen LogP contribution in [0, 0.1) is 12.3 Å². The van der Waals surface area contributed by atoms with E-state index in [1.165, 1.54) is 37.0 Å².